The number of carbonyl (C=O) groups excluding carboxylic acids is 1. The molecule has 1 N–H and O–H groups in total. The molecule has 0 saturated heterocycles. The van der Waals surface area contributed by atoms with Gasteiger partial charge in [0.05, 0.1) is 5.41 Å². The van der Waals surface area contributed by atoms with Crippen LogP contribution >= 0.6 is 0 Å². The molecule has 0 saturated carbocycles. The molecule has 0 amide bonds. The van der Waals surface area contributed by atoms with E-state index >= 15 is 0 Å². The predicted octanol–water partition coefficient (Wildman–Crippen LogP) is 7.35. The van der Waals surface area contributed by atoms with Gasteiger partial charge in [0, 0.05) is 0 Å². The Balaban J connectivity index is 2.38. The van der Waals surface area contributed by atoms with Crippen molar-refractivity contribution in [3.8, 4) is 0 Å². The van der Waals surface area contributed by atoms with Crippen molar-refractivity contribution in [2.45, 2.75) is 124 Å². The monoisotopic (exact) mass is 446 g/mol. The summed E-state index contributed by atoms with van der Waals surface area (Å²) in [6, 6.07) is 4.56. The van der Waals surface area contributed by atoms with Gasteiger partial charge in [-0.2, -0.15) is 0 Å². The molecule has 4 nitrogen and oxygen atoms in total. The SMILES string of the molecule is Cc1ccc(CCCCCCC(C)(C)C(=O)O)c(C)c1CCCCCCC(C)(C)OC=O. The van der Waals surface area contributed by atoms with Gasteiger partial charge in [-0.05, 0) is 109 Å². The van der Waals surface area contributed by atoms with E-state index in [9.17, 15) is 14.7 Å². The summed E-state index contributed by atoms with van der Waals surface area (Å²) in [5.41, 5.74) is 4.86. The molecular weight excluding hydrogens is 400 g/mol. The molecule has 0 fully saturated rings. The van der Waals surface area contributed by atoms with Gasteiger partial charge in [0.15, 0.2) is 0 Å². The average Bonchev–Trinajstić information content (AvgIpc) is 2.70. The van der Waals surface area contributed by atoms with Crippen molar-refractivity contribution in [3.63, 3.8) is 0 Å². The maximum Gasteiger partial charge on any atom is 0.309 e. The van der Waals surface area contributed by atoms with E-state index in [0.29, 0.717) is 6.47 Å². The fraction of sp³-hybridized carbons (Fsp3) is 0.714. The molecule has 32 heavy (non-hydrogen) atoms. The van der Waals surface area contributed by atoms with Gasteiger partial charge < -0.3 is 9.84 Å². The number of carbonyl (C=O) groups is 2. The number of benzene rings is 1. The summed E-state index contributed by atoms with van der Waals surface area (Å²) in [4.78, 5) is 21.7. The normalized spacial score (nSPS) is 12.1. The van der Waals surface area contributed by atoms with Gasteiger partial charge in [0.2, 0.25) is 0 Å². The van der Waals surface area contributed by atoms with Crippen LogP contribution in [0.3, 0.4) is 0 Å². The van der Waals surface area contributed by atoms with Crippen molar-refractivity contribution in [1.82, 2.24) is 0 Å². The third-order valence-electron chi connectivity index (χ3n) is 6.84. The van der Waals surface area contributed by atoms with E-state index in [2.05, 4.69) is 26.0 Å². The Morgan fingerprint density at radius 2 is 1.44 bits per heavy atom. The van der Waals surface area contributed by atoms with Crippen LogP contribution in [0, 0.1) is 19.3 Å². The topological polar surface area (TPSA) is 63.6 Å². The largest absolute Gasteiger partial charge is 0.481 e. The lowest BCUT2D eigenvalue weighted by molar-refractivity contribution is -0.147. The number of hydrogen-bond acceptors (Lipinski definition) is 3. The first-order valence-electron chi connectivity index (χ1n) is 12.4. The van der Waals surface area contributed by atoms with Crippen LogP contribution in [-0.2, 0) is 27.2 Å². The number of aliphatic carboxylic acids is 1. The second-order valence-electron chi connectivity index (χ2n) is 10.6. The molecule has 0 aliphatic rings. The molecule has 1 aromatic rings. The van der Waals surface area contributed by atoms with Crippen molar-refractivity contribution in [3.05, 3.63) is 34.4 Å². The van der Waals surface area contributed by atoms with Crippen LogP contribution in [0.4, 0.5) is 0 Å². The summed E-state index contributed by atoms with van der Waals surface area (Å²) >= 11 is 0. The van der Waals surface area contributed by atoms with Gasteiger partial charge in [-0.3, -0.25) is 9.59 Å². The highest BCUT2D eigenvalue weighted by atomic mass is 16.5. The number of ether oxygens (including phenoxy) is 1. The summed E-state index contributed by atoms with van der Waals surface area (Å²) in [5, 5.41) is 9.21. The molecule has 0 aliphatic heterocycles. The second-order valence-corrected chi connectivity index (χ2v) is 10.6. The molecule has 0 heterocycles. The van der Waals surface area contributed by atoms with Crippen LogP contribution in [0.15, 0.2) is 12.1 Å². The zero-order valence-corrected chi connectivity index (χ0v) is 21.4. The van der Waals surface area contributed by atoms with Gasteiger partial charge in [-0.1, -0.05) is 44.2 Å². The maximum atomic E-state index is 11.2. The van der Waals surface area contributed by atoms with Gasteiger partial charge in [-0.25, -0.2) is 0 Å². The van der Waals surface area contributed by atoms with E-state index in [1.165, 1.54) is 41.5 Å². The van der Waals surface area contributed by atoms with E-state index in [4.69, 9.17) is 4.74 Å². The number of aryl methyl sites for hydroxylation is 2. The van der Waals surface area contributed by atoms with Crippen molar-refractivity contribution in [1.29, 1.82) is 0 Å². The maximum absolute atomic E-state index is 11.2. The van der Waals surface area contributed by atoms with Crippen LogP contribution in [0.25, 0.3) is 0 Å². The predicted molar refractivity (Wildman–Crippen MR) is 132 cm³/mol. The molecule has 0 atom stereocenters. The summed E-state index contributed by atoms with van der Waals surface area (Å²) < 4.78 is 5.12. The fourth-order valence-electron chi connectivity index (χ4n) is 4.33. The average molecular weight is 447 g/mol. The third-order valence-corrected chi connectivity index (χ3v) is 6.84. The van der Waals surface area contributed by atoms with E-state index in [1.807, 2.05) is 27.7 Å². The number of carboxylic acid groups (broad SMARTS) is 1. The molecule has 0 spiro atoms. The van der Waals surface area contributed by atoms with Gasteiger partial charge in [0.25, 0.3) is 6.47 Å². The standard InChI is InChI=1S/C28H46O4/c1-22-17-18-24(15-11-7-9-13-19-27(3,4)26(30)31)23(2)25(22)16-12-8-10-14-20-28(5,6)32-21-29/h17-18,21H,7-16,19-20H2,1-6H3,(H,30,31). The van der Waals surface area contributed by atoms with E-state index in [-0.39, 0.29) is 5.60 Å². The zero-order valence-electron chi connectivity index (χ0n) is 21.4. The third kappa shape index (κ3) is 10.2. The Bertz CT molecular complexity index is 718. The molecule has 1 rings (SSSR count). The Morgan fingerprint density at radius 3 is 2.03 bits per heavy atom. The first-order chi connectivity index (χ1) is 15.0. The minimum Gasteiger partial charge on any atom is -0.481 e. The summed E-state index contributed by atoms with van der Waals surface area (Å²) in [5.74, 6) is -0.698. The quantitative estimate of drug-likeness (QED) is 0.201. The second kappa shape index (κ2) is 13.6. The van der Waals surface area contributed by atoms with Gasteiger partial charge in [-0.15, -0.1) is 0 Å². The molecule has 0 radical (unpaired) electrons. The fourth-order valence-corrected chi connectivity index (χ4v) is 4.33. The summed E-state index contributed by atoms with van der Waals surface area (Å²) in [7, 11) is 0. The highest BCUT2D eigenvalue weighted by molar-refractivity contribution is 5.73. The van der Waals surface area contributed by atoms with Crippen LogP contribution in [0.2, 0.25) is 0 Å². The molecule has 4 heteroatoms. The number of unbranched alkanes of at least 4 members (excludes halogenated alkanes) is 6. The molecule has 0 aliphatic carbocycles. The molecule has 1 aromatic carbocycles. The minimum absolute atomic E-state index is 0.351. The highest BCUT2D eigenvalue weighted by Gasteiger charge is 2.25. The molecule has 182 valence electrons. The van der Waals surface area contributed by atoms with Crippen molar-refractivity contribution < 1.29 is 19.4 Å². The van der Waals surface area contributed by atoms with E-state index < -0.39 is 11.4 Å². The van der Waals surface area contributed by atoms with Crippen LogP contribution in [0.5, 0.6) is 0 Å². The lowest BCUT2D eigenvalue weighted by atomic mass is 9.87. The first kappa shape index (κ1) is 28.2. The molecular formula is C28H46O4. The van der Waals surface area contributed by atoms with Crippen molar-refractivity contribution in [2.75, 3.05) is 0 Å². The Hall–Kier alpha value is -1.84. The van der Waals surface area contributed by atoms with Gasteiger partial charge in [0.1, 0.15) is 5.60 Å². The van der Waals surface area contributed by atoms with Crippen LogP contribution < -0.4 is 0 Å². The number of hydrogen-bond donors (Lipinski definition) is 1. The smallest absolute Gasteiger partial charge is 0.309 e. The zero-order chi connectivity index (χ0) is 24.2. The molecule has 0 bridgehead atoms. The minimum atomic E-state index is -0.698. The Morgan fingerprint density at radius 1 is 0.875 bits per heavy atom. The lowest BCUT2D eigenvalue weighted by Gasteiger charge is -2.22. The Labute approximate surface area is 196 Å². The summed E-state index contributed by atoms with van der Waals surface area (Å²) in [6.45, 7) is 12.6. The van der Waals surface area contributed by atoms with E-state index in [1.54, 1.807) is 0 Å². The van der Waals surface area contributed by atoms with Crippen molar-refractivity contribution in [2.24, 2.45) is 5.41 Å². The van der Waals surface area contributed by atoms with Gasteiger partial charge >= 0.3 is 5.97 Å². The lowest BCUT2D eigenvalue weighted by Crippen LogP contribution is -2.23. The molecule has 0 aromatic heterocycles. The molecule has 0 unspecified atom stereocenters. The number of rotatable bonds is 17. The van der Waals surface area contributed by atoms with E-state index in [0.717, 1.165) is 57.8 Å². The van der Waals surface area contributed by atoms with Crippen LogP contribution in [-0.4, -0.2) is 23.1 Å². The van der Waals surface area contributed by atoms with Crippen molar-refractivity contribution >= 4 is 12.4 Å². The Kier molecular flexibility index (Phi) is 12.0. The number of carboxylic acids is 1. The highest BCUT2D eigenvalue weighted by Crippen LogP contribution is 2.26. The first-order valence-corrected chi connectivity index (χ1v) is 12.4. The summed E-state index contributed by atoms with van der Waals surface area (Å²) in [6.07, 6.45) is 12.9. The van der Waals surface area contributed by atoms with Crippen LogP contribution in [0.1, 0.15) is 114 Å².